The van der Waals surface area contributed by atoms with Gasteiger partial charge in [-0.1, -0.05) is 20.3 Å². The fourth-order valence-electron chi connectivity index (χ4n) is 4.15. The van der Waals surface area contributed by atoms with Crippen LogP contribution in [0.2, 0.25) is 0 Å². The van der Waals surface area contributed by atoms with Gasteiger partial charge in [0.2, 0.25) is 17.7 Å². The van der Waals surface area contributed by atoms with Gasteiger partial charge >= 0.3 is 17.6 Å². The SMILES string of the molecule is CCC(C)C(NC(=O)CNC(=O)Cc1c(C)c2ccc(O)c(C)c2oc1=O)C(=O)NC(CCCNC(N)=O)C(=O)O. The number of benzene rings is 1. The number of primary amides is 1. The monoisotopic (exact) mass is 575 g/mol. The zero-order valence-corrected chi connectivity index (χ0v) is 23.5. The van der Waals surface area contributed by atoms with Crippen molar-refractivity contribution in [3.63, 3.8) is 0 Å². The average molecular weight is 576 g/mol. The van der Waals surface area contributed by atoms with Crippen molar-refractivity contribution in [1.82, 2.24) is 21.3 Å². The molecule has 0 radical (unpaired) electrons. The number of carboxylic acids is 1. The van der Waals surface area contributed by atoms with Crippen LogP contribution >= 0.6 is 0 Å². The van der Waals surface area contributed by atoms with Crippen LogP contribution in [0.4, 0.5) is 4.79 Å². The first-order chi connectivity index (χ1) is 19.3. The summed E-state index contributed by atoms with van der Waals surface area (Å²) in [5.41, 5.74) is 5.46. The number of rotatable bonds is 14. The molecule has 0 aliphatic rings. The summed E-state index contributed by atoms with van der Waals surface area (Å²) in [7, 11) is 0. The number of phenolic OH excluding ortho intramolecular Hbond substituents is 1. The molecule has 1 heterocycles. The topological polar surface area (TPSA) is 230 Å². The zero-order chi connectivity index (χ0) is 30.9. The highest BCUT2D eigenvalue weighted by Gasteiger charge is 2.29. The summed E-state index contributed by atoms with van der Waals surface area (Å²) >= 11 is 0. The van der Waals surface area contributed by atoms with E-state index >= 15 is 0 Å². The Morgan fingerprint density at radius 2 is 1.71 bits per heavy atom. The van der Waals surface area contributed by atoms with E-state index in [1.54, 1.807) is 33.8 Å². The first kappa shape index (κ1) is 32.6. The Hall–Kier alpha value is -4.62. The minimum absolute atomic E-state index is 0.0154. The maximum Gasteiger partial charge on any atom is 0.340 e. The molecular weight excluding hydrogens is 538 g/mol. The summed E-state index contributed by atoms with van der Waals surface area (Å²) in [6, 6.07) is -0.0468. The van der Waals surface area contributed by atoms with Crippen LogP contribution in [0.15, 0.2) is 21.3 Å². The molecule has 3 unspecified atom stereocenters. The standard InChI is InChI=1S/C27H37N5O9/c1-5-13(2)22(24(36)31-18(25(37)38)7-6-10-29-27(28)40)32-21(35)12-30-20(34)11-17-14(3)16-8-9-19(33)15(4)23(16)41-26(17)39/h8-9,13,18,22,33H,5-7,10-12H2,1-4H3,(H,30,34)(H,31,36)(H,32,35)(H,37,38)(H3,28,29,40). The number of urea groups is 1. The molecule has 224 valence electrons. The molecule has 8 N–H and O–H groups in total. The fraction of sp³-hybridized carbons (Fsp3) is 0.481. The van der Waals surface area contributed by atoms with Crippen LogP contribution < -0.4 is 32.6 Å². The van der Waals surface area contributed by atoms with E-state index in [0.29, 0.717) is 22.9 Å². The number of aliphatic carboxylic acids is 1. The molecule has 0 spiro atoms. The summed E-state index contributed by atoms with van der Waals surface area (Å²) in [6.07, 6.45) is 0.377. The van der Waals surface area contributed by atoms with Gasteiger partial charge in [0.25, 0.3) is 0 Å². The third kappa shape index (κ3) is 8.95. The number of carbonyl (C=O) groups excluding carboxylic acids is 4. The number of hydrogen-bond acceptors (Lipinski definition) is 8. The molecule has 1 aromatic heterocycles. The Balaban J connectivity index is 2.02. The van der Waals surface area contributed by atoms with Gasteiger partial charge in [-0.3, -0.25) is 14.4 Å². The second-order valence-corrected chi connectivity index (χ2v) is 9.80. The highest BCUT2D eigenvalue weighted by atomic mass is 16.4. The van der Waals surface area contributed by atoms with Crippen LogP contribution in [0.25, 0.3) is 11.0 Å². The van der Waals surface area contributed by atoms with Gasteiger partial charge in [-0.05, 0) is 50.3 Å². The second-order valence-electron chi connectivity index (χ2n) is 9.80. The van der Waals surface area contributed by atoms with Gasteiger partial charge < -0.3 is 41.6 Å². The summed E-state index contributed by atoms with van der Waals surface area (Å²) in [4.78, 5) is 73.1. The van der Waals surface area contributed by atoms with Crippen molar-refractivity contribution in [3.05, 3.63) is 39.2 Å². The number of hydrogen-bond donors (Lipinski definition) is 7. The molecular formula is C27H37N5O9. The number of amides is 5. The van der Waals surface area contributed by atoms with Crippen molar-refractivity contribution in [1.29, 1.82) is 0 Å². The van der Waals surface area contributed by atoms with Crippen LogP contribution in [0.5, 0.6) is 5.75 Å². The summed E-state index contributed by atoms with van der Waals surface area (Å²) in [5.74, 6) is -3.71. The third-order valence-corrected chi connectivity index (χ3v) is 6.85. The third-order valence-electron chi connectivity index (χ3n) is 6.85. The van der Waals surface area contributed by atoms with Crippen molar-refractivity contribution in [3.8, 4) is 5.75 Å². The van der Waals surface area contributed by atoms with Gasteiger partial charge in [0.1, 0.15) is 23.4 Å². The van der Waals surface area contributed by atoms with E-state index < -0.39 is 54.0 Å². The quantitative estimate of drug-likeness (QED) is 0.121. The summed E-state index contributed by atoms with van der Waals surface area (Å²) in [6.45, 7) is 6.39. The molecule has 1 aromatic carbocycles. The van der Waals surface area contributed by atoms with Gasteiger partial charge in [-0.2, -0.15) is 0 Å². The van der Waals surface area contributed by atoms with Crippen molar-refractivity contribution in [2.45, 2.75) is 65.5 Å². The highest BCUT2D eigenvalue weighted by Crippen LogP contribution is 2.28. The minimum Gasteiger partial charge on any atom is -0.508 e. The molecule has 0 bridgehead atoms. The van der Waals surface area contributed by atoms with Crippen LogP contribution in [-0.2, 0) is 25.6 Å². The molecule has 0 aliphatic heterocycles. The van der Waals surface area contributed by atoms with Gasteiger partial charge in [-0.15, -0.1) is 0 Å². The van der Waals surface area contributed by atoms with E-state index in [2.05, 4.69) is 21.3 Å². The lowest BCUT2D eigenvalue weighted by atomic mass is 9.97. The lowest BCUT2D eigenvalue weighted by molar-refractivity contribution is -0.142. The smallest absolute Gasteiger partial charge is 0.340 e. The normalized spacial score (nSPS) is 13.1. The van der Waals surface area contributed by atoms with Crippen LogP contribution in [0.3, 0.4) is 0 Å². The first-order valence-electron chi connectivity index (χ1n) is 13.1. The molecule has 0 saturated heterocycles. The van der Waals surface area contributed by atoms with Crippen LogP contribution in [0, 0.1) is 19.8 Å². The number of phenols is 1. The highest BCUT2D eigenvalue weighted by molar-refractivity contribution is 5.93. The van der Waals surface area contributed by atoms with Crippen LogP contribution in [0.1, 0.15) is 49.8 Å². The predicted octanol–water partition coefficient (Wildman–Crippen LogP) is 0.323. The molecule has 0 saturated carbocycles. The number of nitrogens with two attached hydrogens (primary N) is 1. The maximum atomic E-state index is 12.9. The average Bonchev–Trinajstić information content (AvgIpc) is 2.91. The number of carbonyl (C=O) groups is 5. The number of aromatic hydroxyl groups is 1. The Bertz CT molecular complexity index is 1370. The predicted molar refractivity (Wildman–Crippen MR) is 148 cm³/mol. The molecule has 2 rings (SSSR count). The van der Waals surface area contributed by atoms with E-state index in [1.165, 1.54) is 6.07 Å². The van der Waals surface area contributed by atoms with Gasteiger partial charge in [0, 0.05) is 17.5 Å². The molecule has 5 amide bonds. The molecule has 0 fully saturated rings. The van der Waals surface area contributed by atoms with Crippen molar-refractivity contribution in [2.24, 2.45) is 11.7 Å². The van der Waals surface area contributed by atoms with E-state index in [0.717, 1.165) is 0 Å². The van der Waals surface area contributed by atoms with Crippen molar-refractivity contribution in [2.75, 3.05) is 13.1 Å². The number of fused-ring (bicyclic) bond motifs is 1. The largest absolute Gasteiger partial charge is 0.508 e. The Labute approximate surface area is 236 Å². The zero-order valence-electron chi connectivity index (χ0n) is 23.5. The Morgan fingerprint density at radius 1 is 1.02 bits per heavy atom. The summed E-state index contributed by atoms with van der Waals surface area (Å²) < 4.78 is 5.33. The lowest BCUT2D eigenvalue weighted by Crippen LogP contribution is -2.55. The van der Waals surface area contributed by atoms with Gasteiger partial charge in [0.15, 0.2) is 0 Å². The Kier molecular flexibility index (Phi) is 11.7. The molecule has 14 nitrogen and oxygen atoms in total. The number of aryl methyl sites for hydroxylation is 2. The first-order valence-corrected chi connectivity index (χ1v) is 13.1. The van der Waals surface area contributed by atoms with E-state index in [9.17, 15) is 39.0 Å². The minimum atomic E-state index is -1.28. The summed E-state index contributed by atoms with van der Waals surface area (Å²) in [5, 5.41) is 29.6. The number of nitrogens with one attached hydrogen (secondary N) is 4. The van der Waals surface area contributed by atoms with Crippen molar-refractivity contribution < 1.29 is 38.6 Å². The van der Waals surface area contributed by atoms with E-state index in [1.807, 2.05) is 0 Å². The fourth-order valence-corrected chi connectivity index (χ4v) is 4.15. The lowest BCUT2D eigenvalue weighted by Gasteiger charge is -2.25. The van der Waals surface area contributed by atoms with Crippen molar-refractivity contribution >= 4 is 40.7 Å². The molecule has 3 atom stereocenters. The second kappa shape index (κ2) is 14.7. The molecule has 2 aromatic rings. The molecule has 0 aliphatic carbocycles. The number of carboxylic acid groups (broad SMARTS) is 1. The molecule has 14 heteroatoms. The maximum absolute atomic E-state index is 12.9. The van der Waals surface area contributed by atoms with E-state index in [4.69, 9.17) is 10.2 Å². The van der Waals surface area contributed by atoms with Gasteiger partial charge in [0.05, 0.1) is 18.5 Å². The Morgan fingerprint density at radius 3 is 2.32 bits per heavy atom. The molecule has 41 heavy (non-hydrogen) atoms. The van der Waals surface area contributed by atoms with Gasteiger partial charge in [-0.25, -0.2) is 14.4 Å². The van der Waals surface area contributed by atoms with Crippen LogP contribution in [-0.4, -0.2) is 65.1 Å². The van der Waals surface area contributed by atoms with E-state index in [-0.39, 0.29) is 48.6 Å².